The largest absolute Gasteiger partial charge is 0.464 e. The van der Waals surface area contributed by atoms with E-state index < -0.39 is 18.2 Å². The number of ether oxygens (including phenoxy) is 2. The fourth-order valence-electron chi connectivity index (χ4n) is 4.09. The van der Waals surface area contributed by atoms with Crippen LogP contribution in [0.25, 0.3) is 11.0 Å². The first kappa shape index (κ1) is 23.7. The van der Waals surface area contributed by atoms with Gasteiger partial charge >= 0.3 is 5.97 Å². The second-order valence-electron chi connectivity index (χ2n) is 8.44. The van der Waals surface area contributed by atoms with Crippen LogP contribution in [0.3, 0.4) is 0 Å². The van der Waals surface area contributed by atoms with Crippen molar-refractivity contribution in [3.05, 3.63) is 53.9 Å². The SMILES string of the molecule is COC(=O)c1c(NC(=O)C2CCCO2)c2cc(NCCC(C)O)cnc2n1Cc1ccccc1. The first-order valence-corrected chi connectivity index (χ1v) is 11.5. The summed E-state index contributed by atoms with van der Waals surface area (Å²) in [6, 6.07) is 11.6. The predicted octanol–water partition coefficient (Wildman–Crippen LogP) is 3.17. The summed E-state index contributed by atoms with van der Waals surface area (Å²) in [6.45, 7) is 3.20. The van der Waals surface area contributed by atoms with Crippen LogP contribution in [0.4, 0.5) is 11.4 Å². The zero-order valence-corrected chi connectivity index (χ0v) is 19.4. The van der Waals surface area contributed by atoms with E-state index >= 15 is 0 Å². The molecule has 4 rings (SSSR count). The van der Waals surface area contributed by atoms with Crippen LogP contribution < -0.4 is 10.6 Å². The lowest BCUT2D eigenvalue weighted by molar-refractivity contribution is -0.124. The van der Waals surface area contributed by atoms with E-state index in [-0.39, 0.29) is 11.6 Å². The molecule has 0 radical (unpaired) electrons. The Morgan fingerprint density at radius 1 is 1.32 bits per heavy atom. The zero-order valence-electron chi connectivity index (χ0n) is 19.4. The molecule has 1 fully saturated rings. The van der Waals surface area contributed by atoms with Gasteiger partial charge in [0, 0.05) is 25.1 Å². The van der Waals surface area contributed by atoms with Crippen molar-refractivity contribution < 1.29 is 24.2 Å². The van der Waals surface area contributed by atoms with Crippen LogP contribution in [0.1, 0.15) is 42.2 Å². The van der Waals surface area contributed by atoms with Gasteiger partial charge in [-0.2, -0.15) is 0 Å². The smallest absolute Gasteiger partial charge is 0.356 e. The number of rotatable bonds is 9. The van der Waals surface area contributed by atoms with E-state index in [0.29, 0.717) is 54.9 Å². The summed E-state index contributed by atoms with van der Waals surface area (Å²) in [5.74, 6) is -0.867. The third-order valence-electron chi connectivity index (χ3n) is 5.82. The van der Waals surface area contributed by atoms with Gasteiger partial charge in [-0.15, -0.1) is 0 Å². The number of benzene rings is 1. The molecule has 0 spiro atoms. The van der Waals surface area contributed by atoms with E-state index in [0.717, 1.165) is 12.0 Å². The predicted molar refractivity (Wildman–Crippen MR) is 129 cm³/mol. The van der Waals surface area contributed by atoms with Gasteiger partial charge in [0.15, 0.2) is 5.69 Å². The Balaban J connectivity index is 1.80. The van der Waals surface area contributed by atoms with Crippen LogP contribution in [-0.4, -0.2) is 59.0 Å². The number of hydrogen-bond donors (Lipinski definition) is 3. The fraction of sp³-hybridized carbons (Fsp3) is 0.400. The Bertz CT molecular complexity index is 1150. The molecule has 0 aliphatic carbocycles. The van der Waals surface area contributed by atoms with Crippen LogP contribution in [-0.2, 0) is 20.8 Å². The fourth-order valence-corrected chi connectivity index (χ4v) is 4.09. The number of amides is 1. The van der Waals surface area contributed by atoms with Crippen molar-refractivity contribution in [1.82, 2.24) is 9.55 Å². The summed E-state index contributed by atoms with van der Waals surface area (Å²) in [5.41, 5.74) is 2.82. The van der Waals surface area contributed by atoms with Gasteiger partial charge in [-0.25, -0.2) is 9.78 Å². The maximum atomic E-state index is 13.0. The van der Waals surface area contributed by atoms with Crippen molar-refractivity contribution in [3.8, 4) is 0 Å². The molecule has 0 bridgehead atoms. The zero-order chi connectivity index (χ0) is 24.1. The highest BCUT2D eigenvalue weighted by Crippen LogP contribution is 2.34. The van der Waals surface area contributed by atoms with E-state index in [2.05, 4.69) is 15.6 Å². The standard InChI is InChI=1S/C25H30N4O5/c1-16(30)10-11-26-18-13-19-21(28-24(31)20-9-6-12-34-20)22(25(32)33-2)29(23(19)27-14-18)15-17-7-4-3-5-8-17/h3-5,7-8,13-14,16,20,26,30H,6,9-12,15H2,1-2H3,(H,28,31). The minimum absolute atomic E-state index is 0.223. The summed E-state index contributed by atoms with van der Waals surface area (Å²) in [4.78, 5) is 30.5. The maximum absolute atomic E-state index is 13.0. The first-order valence-electron chi connectivity index (χ1n) is 11.5. The monoisotopic (exact) mass is 466 g/mol. The average Bonchev–Trinajstić information content (AvgIpc) is 3.47. The summed E-state index contributed by atoms with van der Waals surface area (Å²) < 4.78 is 12.4. The molecule has 180 valence electrons. The van der Waals surface area contributed by atoms with Gasteiger partial charge in [0.1, 0.15) is 11.8 Å². The maximum Gasteiger partial charge on any atom is 0.356 e. The van der Waals surface area contributed by atoms with Gasteiger partial charge in [-0.05, 0) is 37.8 Å². The van der Waals surface area contributed by atoms with Gasteiger partial charge < -0.3 is 29.8 Å². The molecule has 0 saturated carbocycles. The highest BCUT2D eigenvalue weighted by Gasteiger charge is 2.30. The lowest BCUT2D eigenvalue weighted by Gasteiger charge is -2.13. The molecular weight excluding hydrogens is 436 g/mol. The molecular formula is C25H30N4O5. The first-order chi connectivity index (χ1) is 16.5. The molecule has 2 unspecified atom stereocenters. The third-order valence-corrected chi connectivity index (χ3v) is 5.82. The lowest BCUT2D eigenvalue weighted by atomic mass is 10.2. The van der Waals surface area contributed by atoms with Gasteiger partial charge in [-0.1, -0.05) is 30.3 Å². The molecule has 1 aliphatic heterocycles. The molecule has 1 saturated heterocycles. The highest BCUT2D eigenvalue weighted by molar-refractivity contribution is 6.12. The van der Waals surface area contributed by atoms with Crippen molar-refractivity contribution in [3.63, 3.8) is 0 Å². The minimum atomic E-state index is -0.569. The van der Waals surface area contributed by atoms with E-state index in [9.17, 15) is 14.7 Å². The number of hydrogen-bond acceptors (Lipinski definition) is 7. The van der Waals surface area contributed by atoms with Gasteiger partial charge in [0.05, 0.1) is 30.8 Å². The number of esters is 1. The van der Waals surface area contributed by atoms with E-state index in [1.165, 1.54) is 7.11 Å². The molecule has 1 aliphatic rings. The summed E-state index contributed by atoms with van der Waals surface area (Å²) >= 11 is 0. The average molecular weight is 467 g/mol. The Morgan fingerprint density at radius 2 is 2.12 bits per heavy atom. The Hall–Kier alpha value is -3.43. The van der Waals surface area contributed by atoms with Gasteiger partial charge in [-0.3, -0.25) is 4.79 Å². The van der Waals surface area contributed by atoms with Gasteiger partial charge in [0.25, 0.3) is 5.91 Å². The quantitative estimate of drug-likeness (QED) is 0.415. The van der Waals surface area contributed by atoms with Crippen molar-refractivity contribution in [1.29, 1.82) is 0 Å². The van der Waals surface area contributed by atoms with E-state index in [4.69, 9.17) is 9.47 Å². The van der Waals surface area contributed by atoms with Crippen LogP contribution >= 0.6 is 0 Å². The van der Waals surface area contributed by atoms with Crippen LogP contribution in [0.15, 0.2) is 42.6 Å². The number of pyridine rings is 1. The number of anilines is 2. The molecule has 3 aromatic rings. The molecule has 1 aromatic carbocycles. The normalized spacial score (nSPS) is 16.4. The molecule has 9 nitrogen and oxygen atoms in total. The number of aliphatic hydroxyl groups excluding tert-OH is 1. The minimum Gasteiger partial charge on any atom is -0.464 e. The van der Waals surface area contributed by atoms with Gasteiger partial charge in [0.2, 0.25) is 0 Å². The molecule has 3 N–H and O–H groups in total. The topological polar surface area (TPSA) is 115 Å². The molecule has 2 atom stereocenters. The molecule has 9 heteroatoms. The van der Waals surface area contributed by atoms with Crippen molar-refractivity contribution in [2.75, 3.05) is 30.9 Å². The van der Waals surface area contributed by atoms with Crippen LogP contribution in [0, 0.1) is 0 Å². The van der Waals surface area contributed by atoms with Crippen LogP contribution in [0.2, 0.25) is 0 Å². The Labute approximate surface area is 198 Å². The number of aromatic nitrogens is 2. The second kappa shape index (κ2) is 10.7. The molecule has 1 amide bonds. The number of nitrogens with zero attached hydrogens (tertiary/aromatic N) is 2. The summed E-state index contributed by atoms with van der Waals surface area (Å²) in [6.07, 6.45) is 2.71. The van der Waals surface area contributed by atoms with E-state index in [1.54, 1.807) is 17.7 Å². The van der Waals surface area contributed by atoms with E-state index in [1.807, 2.05) is 36.4 Å². The summed E-state index contributed by atoms with van der Waals surface area (Å²) in [7, 11) is 1.31. The molecule has 34 heavy (non-hydrogen) atoms. The third kappa shape index (κ3) is 5.21. The molecule has 3 heterocycles. The number of aliphatic hydroxyl groups is 1. The van der Waals surface area contributed by atoms with Crippen molar-refractivity contribution >= 4 is 34.3 Å². The van der Waals surface area contributed by atoms with Crippen molar-refractivity contribution in [2.24, 2.45) is 0 Å². The number of fused-ring (bicyclic) bond motifs is 1. The summed E-state index contributed by atoms with van der Waals surface area (Å²) in [5, 5.41) is 16.3. The number of methoxy groups -OCH3 is 1. The number of carbonyl (C=O) groups is 2. The number of nitrogens with one attached hydrogen (secondary N) is 2. The number of carbonyl (C=O) groups excluding carboxylic acids is 2. The Kier molecular flexibility index (Phi) is 7.44. The van der Waals surface area contributed by atoms with Crippen LogP contribution in [0.5, 0.6) is 0 Å². The lowest BCUT2D eigenvalue weighted by Crippen LogP contribution is -2.28. The second-order valence-corrected chi connectivity index (χ2v) is 8.44. The van der Waals surface area contributed by atoms with Crippen molar-refractivity contribution in [2.45, 2.75) is 44.9 Å². The molecule has 2 aromatic heterocycles. The Morgan fingerprint density at radius 3 is 2.79 bits per heavy atom. The highest BCUT2D eigenvalue weighted by atomic mass is 16.5.